The van der Waals surface area contributed by atoms with Crippen molar-refractivity contribution >= 4 is 5.69 Å². The van der Waals surface area contributed by atoms with E-state index < -0.39 is 0 Å². The summed E-state index contributed by atoms with van der Waals surface area (Å²) in [5.74, 6) is 0. The Labute approximate surface area is 86.1 Å². The molecular formula is C12H19NO. The first-order valence-corrected chi connectivity index (χ1v) is 5.06. The summed E-state index contributed by atoms with van der Waals surface area (Å²) in [6.07, 6.45) is 1.04. The summed E-state index contributed by atoms with van der Waals surface area (Å²) in [6, 6.07) is 7.86. The molecule has 0 fully saturated rings. The van der Waals surface area contributed by atoms with Gasteiger partial charge in [0.05, 0.1) is 5.60 Å². The molecule has 0 aliphatic carbocycles. The van der Waals surface area contributed by atoms with E-state index in [1.165, 1.54) is 5.56 Å². The molecule has 2 nitrogen and oxygen atoms in total. The third-order valence-electron chi connectivity index (χ3n) is 2.27. The molecule has 2 N–H and O–H groups in total. The first kappa shape index (κ1) is 11.1. The zero-order valence-corrected chi connectivity index (χ0v) is 9.21. The molecule has 0 amide bonds. The molecule has 0 spiro atoms. The molecule has 0 aromatic heterocycles. The van der Waals surface area contributed by atoms with Gasteiger partial charge in [0.1, 0.15) is 0 Å². The van der Waals surface area contributed by atoms with E-state index in [-0.39, 0.29) is 5.60 Å². The molecule has 0 aliphatic rings. The fourth-order valence-corrected chi connectivity index (χ4v) is 1.33. The van der Waals surface area contributed by atoms with Gasteiger partial charge in [-0.1, -0.05) is 19.1 Å². The second kappa shape index (κ2) is 4.47. The molecule has 0 bridgehead atoms. The molecule has 1 aromatic rings. The van der Waals surface area contributed by atoms with Crippen molar-refractivity contribution in [1.29, 1.82) is 0 Å². The lowest BCUT2D eigenvalue weighted by Crippen LogP contribution is -2.22. The number of ether oxygens (including phenoxy) is 1. The molecular weight excluding hydrogens is 174 g/mol. The number of rotatable bonds is 4. The number of anilines is 1. The minimum atomic E-state index is -0.219. The molecule has 0 saturated carbocycles. The highest BCUT2D eigenvalue weighted by molar-refractivity contribution is 5.40. The monoisotopic (exact) mass is 193 g/mol. The summed E-state index contributed by atoms with van der Waals surface area (Å²) in [6.45, 7) is 7.05. The SMILES string of the molecule is CCCOC(C)(C)c1ccc(N)cc1. The van der Waals surface area contributed by atoms with Crippen molar-refractivity contribution in [1.82, 2.24) is 0 Å². The summed E-state index contributed by atoms with van der Waals surface area (Å²) in [7, 11) is 0. The number of benzene rings is 1. The van der Waals surface area contributed by atoms with Crippen LogP contribution in [0.25, 0.3) is 0 Å². The maximum Gasteiger partial charge on any atom is 0.0875 e. The summed E-state index contributed by atoms with van der Waals surface area (Å²) in [5.41, 5.74) is 7.37. The smallest absolute Gasteiger partial charge is 0.0875 e. The second-order valence-electron chi connectivity index (χ2n) is 3.98. The van der Waals surface area contributed by atoms with Gasteiger partial charge in [-0.15, -0.1) is 0 Å². The van der Waals surface area contributed by atoms with Gasteiger partial charge in [0.2, 0.25) is 0 Å². The van der Waals surface area contributed by atoms with Crippen molar-refractivity contribution in [3.8, 4) is 0 Å². The molecule has 2 heteroatoms. The molecule has 1 rings (SSSR count). The van der Waals surface area contributed by atoms with E-state index >= 15 is 0 Å². The van der Waals surface area contributed by atoms with E-state index in [4.69, 9.17) is 10.5 Å². The second-order valence-corrected chi connectivity index (χ2v) is 3.98. The summed E-state index contributed by atoms with van der Waals surface area (Å²) >= 11 is 0. The molecule has 0 saturated heterocycles. The summed E-state index contributed by atoms with van der Waals surface area (Å²) in [5, 5.41) is 0. The van der Waals surface area contributed by atoms with E-state index in [9.17, 15) is 0 Å². The van der Waals surface area contributed by atoms with Crippen molar-refractivity contribution < 1.29 is 4.74 Å². The quantitative estimate of drug-likeness (QED) is 0.746. The Morgan fingerprint density at radius 1 is 1.21 bits per heavy atom. The summed E-state index contributed by atoms with van der Waals surface area (Å²) in [4.78, 5) is 0. The Kier molecular flexibility index (Phi) is 3.53. The van der Waals surface area contributed by atoms with E-state index in [0.717, 1.165) is 18.7 Å². The predicted octanol–water partition coefficient (Wildman–Crippen LogP) is 2.93. The van der Waals surface area contributed by atoms with Crippen LogP contribution in [0.3, 0.4) is 0 Å². The van der Waals surface area contributed by atoms with Crippen LogP contribution in [0.1, 0.15) is 32.8 Å². The normalized spacial score (nSPS) is 11.6. The Morgan fingerprint density at radius 3 is 2.29 bits per heavy atom. The van der Waals surface area contributed by atoms with E-state index in [0.29, 0.717) is 0 Å². The van der Waals surface area contributed by atoms with E-state index in [1.807, 2.05) is 24.3 Å². The lowest BCUT2D eigenvalue weighted by atomic mass is 9.98. The van der Waals surface area contributed by atoms with Crippen LogP contribution in [-0.2, 0) is 10.3 Å². The van der Waals surface area contributed by atoms with Gasteiger partial charge in [-0.3, -0.25) is 0 Å². The average molecular weight is 193 g/mol. The van der Waals surface area contributed by atoms with Gasteiger partial charge in [0, 0.05) is 12.3 Å². The molecule has 0 unspecified atom stereocenters. The van der Waals surface area contributed by atoms with Gasteiger partial charge >= 0.3 is 0 Å². The molecule has 14 heavy (non-hydrogen) atoms. The zero-order chi connectivity index (χ0) is 10.6. The maximum absolute atomic E-state index is 5.76. The van der Waals surface area contributed by atoms with Crippen LogP contribution in [0.5, 0.6) is 0 Å². The van der Waals surface area contributed by atoms with E-state index in [2.05, 4.69) is 20.8 Å². The van der Waals surface area contributed by atoms with Crippen LogP contribution < -0.4 is 5.73 Å². The topological polar surface area (TPSA) is 35.2 Å². The Bertz CT molecular complexity index is 277. The minimum absolute atomic E-state index is 0.219. The van der Waals surface area contributed by atoms with Gasteiger partial charge in [0.15, 0.2) is 0 Å². The highest BCUT2D eigenvalue weighted by atomic mass is 16.5. The highest BCUT2D eigenvalue weighted by Gasteiger charge is 2.20. The Balaban J connectivity index is 2.75. The molecule has 0 aliphatic heterocycles. The molecule has 0 heterocycles. The summed E-state index contributed by atoms with van der Waals surface area (Å²) < 4.78 is 5.76. The van der Waals surface area contributed by atoms with Crippen LogP contribution >= 0.6 is 0 Å². The van der Waals surface area contributed by atoms with Crippen LogP contribution in [-0.4, -0.2) is 6.61 Å². The number of hydrogen-bond donors (Lipinski definition) is 1. The van der Waals surface area contributed by atoms with Crippen molar-refractivity contribution in [2.75, 3.05) is 12.3 Å². The van der Waals surface area contributed by atoms with Crippen LogP contribution in [0.2, 0.25) is 0 Å². The van der Waals surface area contributed by atoms with Crippen molar-refractivity contribution in [2.24, 2.45) is 0 Å². The van der Waals surface area contributed by atoms with Gasteiger partial charge < -0.3 is 10.5 Å². The standard InChI is InChI=1S/C12H19NO/c1-4-9-14-12(2,3)10-5-7-11(13)8-6-10/h5-8H,4,9,13H2,1-3H3. The van der Waals surface area contributed by atoms with Crippen LogP contribution in [0, 0.1) is 0 Å². The molecule has 0 atom stereocenters. The van der Waals surface area contributed by atoms with Crippen LogP contribution in [0.4, 0.5) is 5.69 Å². The van der Waals surface area contributed by atoms with Crippen LogP contribution in [0.15, 0.2) is 24.3 Å². The van der Waals surface area contributed by atoms with Crippen molar-refractivity contribution in [3.63, 3.8) is 0 Å². The number of nitrogen functional groups attached to an aromatic ring is 1. The van der Waals surface area contributed by atoms with Gasteiger partial charge in [-0.25, -0.2) is 0 Å². The molecule has 0 radical (unpaired) electrons. The fourth-order valence-electron chi connectivity index (χ4n) is 1.33. The molecule has 1 aromatic carbocycles. The van der Waals surface area contributed by atoms with E-state index in [1.54, 1.807) is 0 Å². The average Bonchev–Trinajstić information content (AvgIpc) is 2.16. The predicted molar refractivity (Wildman–Crippen MR) is 60.1 cm³/mol. The third kappa shape index (κ3) is 2.74. The fraction of sp³-hybridized carbons (Fsp3) is 0.500. The lowest BCUT2D eigenvalue weighted by Gasteiger charge is -2.25. The van der Waals surface area contributed by atoms with Crippen molar-refractivity contribution in [2.45, 2.75) is 32.8 Å². The lowest BCUT2D eigenvalue weighted by molar-refractivity contribution is -0.0212. The first-order chi connectivity index (χ1) is 6.56. The number of hydrogen-bond acceptors (Lipinski definition) is 2. The Morgan fingerprint density at radius 2 is 1.79 bits per heavy atom. The minimum Gasteiger partial charge on any atom is -0.399 e. The first-order valence-electron chi connectivity index (χ1n) is 5.06. The highest BCUT2D eigenvalue weighted by Crippen LogP contribution is 2.25. The number of nitrogens with two attached hydrogens (primary N) is 1. The third-order valence-corrected chi connectivity index (χ3v) is 2.27. The molecule has 78 valence electrons. The maximum atomic E-state index is 5.76. The van der Waals surface area contributed by atoms with Gasteiger partial charge in [-0.2, -0.15) is 0 Å². The Hall–Kier alpha value is -1.02. The van der Waals surface area contributed by atoms with Gasteiger partial charge in [0.25, 0.3) is 0 Å². The zero-order valence-electron chi connectivity index (χ0n) is 9.21. The largest absolute Gasteiger partial charge is 0.399 e. The van der Waals surface area contributed by atoms with Crippen molar-refractivity contribution in [3.05, 3.63) is 29.8 Å². The van der Waals surface area contributed by atoms with Gasteiger partial charge in [-0.05, 0) is 38.0 Å².